The van der Waals surface area contributed by atoms with E-state index in [0.29, 0.717) is 25.2 Å². The van der Waals surface area contributed by atoms with Gasteiger partial charge in [0, 0.05) is 24.5 Å². The molecule has 4 aromatic rings. The molecule has 5 rings (SSSR count). The summed E-state index contributed by atoms with van der Waals surface area (Å²) in [4.78, 5) is 13.3. The van der Waals surface area contributed by atoms with Crippen LogP contribution in [-0.4, -0.2) is 30.7 Å². The van der Waals surface area contributed by atoms with Crippen LogP contribution in [0.3, 0.4) is 0 Å². The third-order valence-electron chi connectivity index (χ3n) is 5.96. The van der Waals surface area contributed by atoms with Crippen molar-refractivity contribution in [2.24, 2.45) is 0 Å². The Morgan fingerprint density at radius 3 is 2.56 bits per heavy atom. The van der Waals surface area contributed by atoms with Crippen LogP contribution in [0.5, 0.6) is 0 Å². The highest BCUT2D eigenvalue weighted by Crippen LogP contribution is 2.32. The Hall–Kier alpha value is -3.91. The number of fused-ring (bicyclic) bond motifs is 1. The van der Waals surface area contributed by atoms with Crippen LogP contribution in [0.4, 0.5) is 5.69 Å². The number of aromatic nitrogens is 2. The van der Waals surface area contributed by atoms with E-state index in [1.807, 2.05) is 66.9 Å². The first kappa shape index (κ1) is 21.9. The van der Waals surface area contributed by atoms with Crippen molar-refractivity contribution in [3.8, 4) is 0 Å². The zero-order chi connectivity index (χ0) is 23.5. The molecule has 7 nitrogen and oxygen atoms in total. The average molecular weight is 473 g/mol. The molecular formula is C26H24N4O3S. The first-order valence-electron chi connectivity index (χ1n) is 11.1. The number of para-hydroxylation sites is 1. The third kappa shape index (κ3) is 4.32. The summed E-state index contributed by atoms with van der Waals surface area (Å²) in [6.45, 7) is 0.837. The third-order valence-corrected chi connectivity index (χ3v) is 7.77. The van der Waals surface area contributed by atoms with Crippen LogP contribution in [0.25, 0.3) is 0 Å². The lowest BCUT2D eigenvalue weighted by atomic mass is 10.1. The summed E-state index contributed by atoms with van der Waals surface area (Å²) in [5, 5.41) is 7.29. The molecule has 1 unspecified atom stereocenters. The average Bonchev–Trinajstić information content (AvgIpc) is 3.54. The molecule has 0 saturated heterocycles. The van der Waals surface area contributed by atoms with E-state index in [2.05, 4.69) is 10.4 Å². The Morgan fingerprint density at radius 2 is 1.76 bits per heavy atom. The van der Waals surface area contributed by atoms with E-state index < -0.39 is 10.0 Å². The molecule has 0 spiro atoms. The van der Waals surface area contributed by atoms with Gasteiger partial charge >= 0.3 is 0 Å². The highest BCUT2D eigenvalue weighted by atomic mass is 32.2. The lowest BCUT2D eigenvalue weighted by molar-refractivity contribution is 0.0931. The molecule has 1 aromatic heterocycles. The van der Waals surface area contributed by atoms with Crippen LogP contribution in [0.1, 0.15) is 27.5 Å². The number of benzene rings is 3. The van der Waals surface area contributed by atoms with Gasteiger partial charge in [0.2, 0.25) is 0 Å². The summed E-state index contributed by atoms with van der Waals surface area (Å²) in [5.41, 5.74) is 2.92. The molecule has 0 fully saturated rings. The Balaban J connectivity index is 1.41. The number of anilines is 1. The predicted octanol–water partition coefficient (Wildman–Crippen LogP) is 3.81. The van der Waals surface area contributed by atoms with Crippen molar-refractivity contribution in [2.75, 3.05) is 10.8 Å². The molecular weight excluding hydrogens is 448 g/mol. The minimum atomic E-state index is -3.79. The largest absolute Gasteiger partial charge is 0.343 e. The topological polar surface area (TPSA) is 84.3 Å². The van der Waals surface area contributed by atoms with Gasteiger partial charge in [-0.1, -0.05) is 54.6 Å². The van der Waals surface area contributed by atoms with Gasteiger partial charge in [0.1, 0.15) is 0 Å². The van der Waals surface area contributed by atoms with E-state index in [1.54, 1.807) is 23.0 Å². The molecule has 1 atom stereocenters. The fourth-order valence-corrected chi connectivity index (χ4v) is 5.79. The molecule has 0 aliphatic carbocycles. The van der Waals surface area contributed by atoms with Crippen LogP contribution in [0, 0.1) is 0 Å². The lowest BCUT2D eigenvalue weighted by Crippen LogP contribution is -2.32. The molecule has 1 aliphatic rings. The van der Waals surface area contributed by atoms with Crippen molar-refractivity contribution in [1.29, 1.82) is 0 Å². The Kier molecular flexibility index (Phi) is 5.90. The first-order chi connectivity index (χ1) is 16.5. The number of hydrogen-bond acceptors (Lipinski definition) is 4. The van der Waals surface area contributed by atoms with Crippen LogP contribution < -0.4 is 9.62 Å². The van der Waals surface area contributed by atoms with Crippen LogP contribution >= 0.6 is 0 Å². The van der Waals surface area contributed by atoms with Crippen molar-refractivity contribution < 1.29 is 13.2 Å². The maximum Gasteiger partial charge on any atom is 0.264 e. The maximum absolute atomic E-state index is 13.4. The molecule has 0 saturated carbocycles. The van der Waals surface area contributed by atoms with E-state index in [9.17, 15) is 13.2 Å². The number of rotatable bonds is 7. The van der Waals surface area contributed by atoms with E-state index in [-0.39, 0.29) is 22.4 Å². The summed E-state index contributed by atoms with van der Waals surface area (Å²) in [7, 11) is -3.79. The number of nitrogens with zero attached hydrogens (tertiary/aromatic N) is 3. The number of nitrogens with one attached hydrogen (secondary N) is 1. The number of amides is 1. The molecule has 0 radical (unpaired) electrons. The van der Waals surface area contributed by atoms with Gasteiger partial charge in [-0.2, -0.15) is 5.10 Å². The molecule has 2 heterocycles. The second kappa shape index (κ2) is 9.15. The van der Waals surface area contributed by atoms with E-state index in [4.69, 9.17) is 0 Å². The molecule has 8 heteroatoms. The highest BCUT2D eigenvalue weighted by Gasteiger charge is 2.31. The Labute approximate surface area is 198 Å². The number of hydrogen-bond donors (Lipinski definition) is 1. The minimum Gasteiger partial charge on any atom is -0.343 e. The summed E-state index contributed by atoms with van der Waals surface area (Å²) in [6, 6.07) is 24.8. The van der Waals surface area contributed by atoms with Crippen molar-refractivity contribution in [1.82, 2.24) is 15.1 Å². The normalized spacial score (nSPS) is 13.9. The van der Waals surface area contributed by atoms with Crippen LogP contribution in [0.2, 0.25) is 0 Å². The first-order valence-corrected chi connectivity index (χ1v) is 12.5. The minimum absolute atomic E-state index is 0.0974. The van der Waals surface area contributed by atoms with Crippen molar-refractivity contribution in [3.05, 3.63) is 114 Å². The van der Waals surface area contributed by atoms with Gasteiger partial charge in [-0.15, -0.1) is 0 Å². The van der Waals surface area contributed by atoms with Crippen molar-refractivity contribution in [3.63, 3.8) is 0 Å². The number of sulfonamides is 1. The summed E-state index contributed by atoms with van der Waals surface area (Å²) in [5.74, 6) is -0.347. The second-order valence-corrected chi connectivity index (χ2v) is 10.0. The van der Waals surface area contributed by atoms with Crippen molar-refractivity contribution in [2.45, 2.75) is 23.9 Å². The van der Waals surface area contributed by atoms with Crippen LogP contribution in [0.15, 0.2) is 102 Å². The lowest BCUT2D eigenvalue weighted by Gasteiger charge is -2.21. The predicted molar refractivity (Wildman–Crippen MR) is 130 cm³/mol. The summed E-state index contributed by atoms with van der Waals surface area (Å²) < 4.78 is 30.0. The number of carbonyl (C=O) groups is 1. The van der Waals surface area contributed by atoms with Gasteiger partial charge in [0.05, 0.1) is 23.2 Å². The maximum atomic E-state index is 13.4. The standard InChI is InChI=1S/C26H24N4O3S/c31-26(28-24(19-29-16-7-15-27-29)20-8-2-1-3-9-20)22-11-6-12-23(18-22)34(32,33)30-17-14-21-10-4-5-13-25(21)30/h1-13,15-16,18,24H,14,17,19H2,(H,28,31). The van der Waals surface area contributed by atoms with Gasteiger partial charge in [-0.3, -0.25) is 13.8 Å². The van der Waals surface area contributed by atoms with Crippen LogP contribution in [-0.2, 0) is 23.0 Å². The molecule has 0 bridgehead atoms. The van der Waals surface area contributed by atoms with Gasteiger partial charge in [-0.25, -0.2) is 8.42 Å². The Morgan fingerprint density at radius 1 is 0.971 bits per heavy atom. The molecule has 3 aromatic carbocycles. The fraction of sp³-hybridized carbons (Fsp3) is 0.154. The molecule has 34 heavy (non-hydrogen) atoms. The van der Waals surface area contributed by atoms with Gasteiger partial charge in [0.15, 0.2) is 0 Å². The zero-order valence-corrected chi connectivity index (χ0v) is 19.2. The zero-order valence-electron chi connectivity index (χ0n) is 18.4. The highest BCUT2D eigenvalue weighted by molar-refractivity contribution is 7.92. The molecule has 1 aliphatic heterocycles. The quantitative estimate of drug-likeness (QED) is 0.443. The van der Waals surface area contributed by atoms with Gasteiger partial charge < -0.3 is 5.32 Å². The Bertz CT molecular complexity index is 1400. The summed E-state index contributed by atoms with van der Waals surface area (Å²) in [6.07, 6.45) is 4.19. The van der Waals surface area contributed by atoms with E-state index in [0.717, 1.165) is 11.1 Å². The smallest absolute Gasteiger partial charge is 0.264 e. The molecule has 172 valence electrons. The number of carbonyl (C=O) groups excluding carboxylic acids is 1. The van der Waals surface area contributed by atoms with Gasteiger partial charge in [0.25, 0.3) is 15.9 Å². The van der Waals surface area contributed by atoms with E-state index in [1.165, 1.54) is 16.4 Å². The fourth-order valence-electron chi connectivity index (χ4n) is 4.24. The second-order valence-electron chi connectivity index (χ2n) is 8.15. The molecule has 1 N–H and O–H groups in total. The molecule has 1 amide bonds. The van der Waals surface area contributed by atoms with Gasteiger partial charge in [-0.05, 0) is 47.9 Å². The van der Waals surface area contributed by atoms with E-state index >= 15 is 0 Å². The van der Waals surface area contributed by atoms with Crippen molar-refractivity contribution >= 4 is 21.6 Å². The SMILES string of the molecule is O=C(NC(Cn1cccn1)c1ccccc1)c1cccc(S(=O)(=O)N2CCc3ccccc32)c1. The summed E-state index contributed by atoms with van der Waals surface area (Å²) >= 11 is 0. The monoisotopic (exact) mass is 472 g/mol.